The Morgan fingerprint density at radius 3 is 2.50 bits per heavy atom. The molecule has 0 aromatic rings. The summed E-state index contributed by atoms with van der Waals surface area (Å²) in [6.07, 6.45) is 1.74. The first-order chi connectivity index (χ1) is 2.77. The van der Waals surface area contributed by atoms with Crippen LogP contribution in [0.2, 0.25) is 0 Å². The average Bonchev–Trinajstić information content (AvgIpc) is 1.35. The molecule has 0 saturated heterocycles. The molecule has 1 heteroatoms. The third kappa shape index (κ3) is 3.96. The quantitative estimate of drug-likeness (QED) is 0.523. The van der Waals surface area contributed by atoms with Gasteiger partial charge in [0.25, 0.3) is 0 Å². The molecule has 2 radical (unpaired) electrons. The molecule has 0 bridgehead atoms. The lowest BCUT2D eigenvalue weighted by atomic mass is 10.2. The fourth-order valence-corrected chi connectivity index (χ4v) is 0.180. The number of hydrogen-bond acceptors (Lipinski definition) is 1. The molecular formula is C5H10O. The van der Waals surface area contributed by atoms with Crippen LogP contribution in [0, 0.1) is 19.3 Å². The van der Waals surface area contributed by atoms with Crippen molar-refractivity contribution in [3.8, 4) is 0 Å². The van der Waals surface area contributed by atoms with Gasteiger partial charge in [-0.2, -0.15) is 0 Å². The van der Waals surface area contributed by atoms with Gasteiger partial charge in [-0.1, -0.05) is 13.8 Å². The van der Waals surface area contributed by atoms with Crippen molar-refractivity contribution >= 4 is 0 Å². The van der Waals surface area contributed by atoms with Gasteiger partial charge in [0.05, 0.1) is 0 Å². The van der Waals surface area contributed by atoms with E-state index in [1.54, 1.807) is 6.42 Å². The van der Waals surface area contributed by atoms with Crippen LogP contribution in [0.25, 0.3) is 0 Å². The van der Waals surface area contributed by atoms with Crippen LogP contribution in [-0.4, -0.2) is 11.7 Å². The van der Waals surface area contributed by atoms with Crippen LogP contribution in [0.1, 0.15) is 6.92 Å². The highest BCUT2D eigenvalue weighted by Gasteiger charge is 1.87. The highest BCUT2D eigenvalue weighted by molar-refractivity contribution is 4.71. The molecule has 0 aliphatic rings. The predicted molar refractivity (Wildman–Crippen MR) is 25.9 cm³/mol. The maximum absolute atomic E-state index is 8.14. The Hall–Kier alpha value is -0.0400. The van der Waals surface area contributed by atoms with Gasteiger partial charge in [-0.3, -0.25) is 0 Å². The Morgan fingerprint density at radius 1 is 2.00 bits per heavy atom. The van der Waals surface area contributed by atoms with Crippen LogP contribution >= 0.6 is 0 Å². The van der Waals surface area contributed by atoms with Crippen molar-refractivity contribution in [3.05, 3.63) is 13.3 Å². The average molecular weight is 86.1 g/mol. The minimum atomic E-state index is 0.144. The fraction of sp³-hybridized carbons (Fsp3) is 0.600. The summed E-state index contributed by atoms with van der Waals surface area (Å²) in [6, 6.07) is 0. The molecule has 6 heavy (non-hydrogen) atoms. The molecule has 1 unspecified atom stereocenters. The molecule has 1 nitrogen and oxygen atoms in total. The van der Waals surface area contributed by atoms with Gasteiger partial charge in [-0.15, -0.1) is 0 Å². The van der Waals surface area contributed by atoms with Gasteiger partial charge < -0.3 is 5.11 Å². The summed E-state index contributed by atoms with van der Waals surface area (Å²) in [5.74, 6) is 0.273. The molecule has 0 rings (SSSR count). The van der Waals surface area contributed by atoms with Crippen LogP contribution in [0.5, 0.6) is 0 Å². The zero-order valence-electron chi connectivity index (χ0n) is 4.02. The van der Waals surface area contributed by atoms with E-state index in [1.807, 2.05) is 6.92 Å². The zero-order valence-corrected chi connectivity index (χ0v) is 4.02. The first kappa shape index (κ1) is 5.96. The van der Waals surface area contributed by atoms with Gasteiger partial charge >= 0.3 is 0 Å². The highest BCUT2D eigenvalue weighted by atomic mass is 16.2. The summed E-state index contributed by atoms with van der Waals surface area (Å²) in [6.45, 7) is 5.68. The minimum absolute atomic E-state index is 0.144. The second kappa shape index (κ2) is 3.16. The molecule has 0 aromatic carbocycles. The molecular weight excluding hydrogens is 76.1 g/mol. The second-order valence-corrected chi connectivity index (χ2v) is 1.40. The molecule has 0 fully saturated rings. The van der Waals surface area contributed by atoms with Crippen LogP contribution in [0.3, 0.4) is 0 Å². The Morgan fingerprint density at radius 2 is 2.50 bits per heavy atom. The SMILES string of the molecule is [CH2]C(C)[CH]CO. The van der Waals surface area contributed by atoms with Crippen molar-refractivity contribution in [2.24, 2.45) is 5.92 Å². The lowest BCUT2D eigenvalue weighted by Gasteiger charge is -1.94. The summed E-state index contributed by atoms with van der Waals surface area (Å²) in [5, 5.41) is 8.14. The predicted octanol–water partition coefficient (Wildman–Crippen LogP) is 0.653. The molecule has 0 amide bonds. The lowest BCUT2D eigenvalue weighted by molar-refractivity contribution is 0.318. The summed E-state index contributed by atoms with van der Waals surface area (Å²) >= 11 is 0. The van der Waals surface area contributed by atoms with E-state index in [9.17, 15) is 0 Å². The molecule has 0 heterocycles. The van der Waals surface area contributed by atoms with Gasteiger partial charge in [0, 0.05) is 6.61 Å². The van der Waals surface area contributed by atoms with E-state index in [2.05, 4.69) is 6.92 Å². The van der Waals surface area contributed by atoms with Gasteiger partial charge in [0.15, 0.2) is 0 Å². The fourth-order valence-electron chi connectivity index (χ4n) is 0.180. The third-order valence-corrected chi connectivity index (χ3v) is 0.508. The summed E-state index contributed by atoms with van der Waals surface area (Å²) in [5.41, 5.74) is 0. The van der Waals surface area contributed by atoms with E-state index in [0.29, 0.717) is 0 Å². The lowest BCUT2D eigenvalue weighted by Crippen LogP contribution is -1.91. The van der Waals surface area contributed by atoms with Gasteiger partial charge in [0.1, 0.15) is 0 Å². The smallest absolute Gasteiger partial charge is 0.0465 e. The number of aliphatic hydroxyl groups excluding tert-OH is 1. The zero-order chi connectivity index (χ0) is 4.99. The van der Waals surface area contributed by atoms with Crippen molar-refractivity contribution in [2.45, 2.75) is 6.92 Å². The molecule has 0 saturated carbocycles. The summed E-state index contributed by atoms with van der Waals surface area (Å²) in [4.78, 5) is 0. The van der Waals surface area contributed by atoms with E-state index < -0.39 is 0 Å². The van der Waals surface area contributed by atoms with Gasteiger partial charge in [0.2, 0.25) is 0 Å². The molecule has 0 aliphatic carbocycles. The Bertz CT molecular complexity index is 25.1. The largest absolute Gasteiger partial charge is 0.396 e. The topological polar surface area (TPSA) is 20.2 Å². The maximum atomic E-state index is 8.14. The second-order valence-electron chi connectivity index (χ2n) is 1.40. The molecule has 0 aromatic heterocycles. The first-order valence-electron chi connectivity index (χ1n) is 2.04. The van der Waals surface area contributed by atoms with E-state index in [-0.39, 0.29) is 12.5 Å². The molecule has 1 N–H and O–H groups in total. The Labute approximate surface area is 39.0 Å². The molecule has 0 aliphatic heterocycles. The van der Waals surface area contributed by atoms with Crippen LogP contribution < -0.4 is 0 Å². The number of aliphatic hydroxyl groups is 1. The van der Waals surface area contributed by atoms with Crippen molar-refractivity contribution in [2.75, 3.05) is 6.61 Å². The van der Waals surface area contributed by atoms with E-state index in [0.717, 1.165) is 0 Å². The standard InChI is InChI=1S/C5H10O/c1-5(2)3-4-6/h3,5-6H,1,4H2,2H3. The molecule has 0 spiro atoms. The van der Waals surface area contributed by atoms with Crippen molar-refractivity contribution in [1.82, 2.24) is 0 Å². The first-order valence-corrected chi connectivity index (χ1v) is 2.04. The normalized spacial score (nSPS) is 10.0. The summed E-state index contributed by atoms with van der Waals surface area (Å²) < 4.78 is 0. The summed E-state index contributed by atoms with van der Waals surface area (Å²) in [7, 11) is 0. The molecule has 36 valence electrons. The van der Waals surface area contributed by atoms with Crippen LogP contribution in [0.4, 0.5) is 0 Å². The van der Waals surface area contributed by atoms with E-state index >= 15 is 0 Å². The van der Waals surface area contributed by atoms with E-state index in [1.165, 1.54) is 0 Å². The Kier molecular flexibility index (Phi) is 3.14. The van der Waals surface area contributed by atoms with Crippen molar-refractivity contribution < 1.29 is 5.11 Å². The highest BCUT2D eigenvalue weighted by Crippen LogP contribution is 1.92. The van der Waals surface area contributed by atoms with E-state index in [4.69, 9.17) is 5.11 Å². The van der Waals surface area contributed by atoms with Gasteiger partial charge in [-0.05, 0) is 12.3 Å². The van der Waals surface area contributed by atoms with Crippen LogP contribution in [-0.2, 0) is 0 Å². The number of hydrogen-bond donors (Lipinski definition) is 1. The molecule has 1 atom stereocenters. The number of rotatable bonds is 2. The van der Waals surface area contributed by atoms with Crippen molar-refractivity contribution in [3.63, 3.8) is 0 Å². The monoisotopic (exact) mass is 86.1 g/mol. The van der Waals surface area contributed by atoms with Gasteiger partial charge in [-0.25, -0.2) is 0 Å². The Balaban J connectivity index is 2.63. The minimum Gasteiger partial charge on any atom is -0.396 e. The van der Waals surface area contributed by atoms with Crippen LogP contribution in [0.15, 0.2) is 0 Å². The third-order valence-electron chi connectivity index (χ3n) is 0.508. The van der Waals surface area contributed by atoms with Crippen molar-refractivity contribution in [1.29, 1.82) is 0 Å². The maximum Gasteiger partial charge on any atom is 0.0465 e.